The monoisotopic (exact) mass is 277 g/mol. The second-order valence-electron chi connectivity index (χ2n) is 5.68. The minimum absolute atomic E-state index is 0.284. The third kappa shape index (κ3) is 4.47. The van der Waals surface area contributed by atoms with Gasteiger partial charge in [-0.25, -0.2) is 0 Å². The van der Waals surface area contributed by atoms with Gasteiger partial charge in [-0.3, -0.25) is 0 Å². The van der Waals surface area contributed by atoms with Gasteiger partial charge < -0.3 is 20.3 Å². The first-order chi connectivity index (χ1) is 9.69. The summed E-state index contributed by atoms with van der Waals surface area (Å²) in [6.07, 6.45) is 1.29. The SMILES string of the molecule is Cc1cccc(N(CCCN)CC2CN(C)CCO2)c1. The number of morpholine rings is 1. The van der Waals surface area contributed by atoms with E-state index in [2.05, 4.69) is 48.0 Å². The van der Waals surface area contributed by atoms with Gasteiger partial charge in [-0.2, -0.15) is 0 Å². The molecule has 0 radical (unpaired) electrons. The maximum Gasteiger partial charge on any atom is 0.0876 e. The minimum atomic E-state index is 0.284. The molecule has 1 saturated heterocycles. The second-order valence-corrected chi connectivity index (χ2v) is 5.68. The standard InChI is InChI=1S/C16H27N3O/c1-14-5-3-6-15(11-14)19(8-4-7-17)13-16-12-18(2)9-10-20-16/h3,5-6,11,16H,4,7-10,12-13,17H2,1-2H3. The minimum Gasteiger partial charge on any atom is -0.374 e. The Kier molecular flexibility index (Phi) is 5.83. The summed E-state index contributed by atoms with van der Waals surface area (Å²) in [6.45, 7) is 7.66. The lowest BCUT2D eigenvalue weighted by Gasteiger charge is -2.35. The van der Waals surface area contributed by atoms with E-state index in [4.69, 9.17) is 10.5 Å². The molecular formula is C16H27N3O. The number of ether oxygens (including phenoxy) is 1. The Bertz CT molecular complexity index is 410. The van der Waals surface area contributed by atoms with Crippen LogP contribution in [0.4, 0.5) is 5.69 Å². The van der Waals surface area contributed by atoms with E-state index in [1.807, 2.05) is 0 Å². The number of hydrogen-bond donors (Lipinski definition) is 1. The molecule has 112 valence electrons. The molecule has 0 saturated carbocycles. The molecule has 2 N–H and O–H groups in total. The number of benzene rings is 1. The molecule has 0 spiro atoms. The fraction of sp³-hybridized carbons (Fsp3) is 0.625. The molecule has 1 fully saturated rings. The molecule has 0 amide bonds. The zero-order valence-corrected chi connectivity index (χ0v) is 12.7. The number of likely N-dealkylation sites (N-methyl/N-ethyl adjacent to an activating group) is 1. The molecule has 1 aromatic rings. The fourth-order valence-electron chi connectivity index (χ4n) is 2.66. The van der Waals surface area contributed by atoms with Crippen molar-refractivity contribution in [2.75, 3.05) is 51.3 Å². The van der Waals surface area contributed by atoms with E-state index in [0.717, 1.165) is 45.8 Å². The van der Waals surface area contributed by atoms with Gasteiger partial charge in [-0.1, -0.05) is 12.1 Å². The molecule has 1 heterocycles. The Morgan fingerprint density at radius 2 is 2.30 bits per heavy atom. The van der Waals surface area contributed by atoms with Crippen molar-refractivity contribution >= 4 is 5.69 Å². The van der Waals surface area contributed by atoms with Gasteiger partial charge in [-0.05, 0) is 44.6 Å². The van der Waals surface area contributed by atoms with Crippen LogP contribution in [0, 0.1) is 6.92 Å². The van der Waals surface area contributed by atoms with Crippen molar-refractivity contribution in [3.8, 4) is 0 Å². The average molecular weight is 277 g/mol. The first kappa shape index (κ1) is 15.3. The molecule has 0 aliphatic carbocycles. The smallest absolute Gasteiger partial charge is 0.0876 e. The van der Waals surface area contributed by atoms with Crippen molar-refractivity contribution in [1.82, 2.24) is 4.90 Å². The maximum atomic E-state index is 5.90. The van der Waals surface area contributed by atoms with Gasteiger partial charge in [-0.15, -0.1) is 0 Å². The van der Waals surface area contributed by atoms with Gasteiger partial charge in [0.05, 0.1) is 12.7 Å². The van der Waals surface area contributed by atoms with Crippen molar-refractivity contribution in [1.29, 1.82) is 0 Å². The summed E-state index contributed by atoms with van der Waals surface area (Å²) in [5.41, 5.74) is 8.24. The molecule has 20 heavy (non-hydrogen) atoms. The molecule has 0 aromatic heterocycles. The number of aryl methyl sites for hydroxylation is 1. The molecule has 4 nitrogen and oxygen atoms in total. The first-order valence-corrected chi connectivity index (χ1v) is 7.51. The molecule has 2 rings (SSSR count). The number of rotatable bonds is 6. The van der Waals surface area contributed by atoms with Crippen LogP contribution in [0.3, 0.4) is 0 Å². The van der Waals surface area contributed by atoms with E-state index < -0.39 is 0 Å². The highest BCUT2D eigenvalue weighted by Gasteiger charge is 2.20. The van der Waals surface area contributed by atoms with E-state index in [1.54, 1.807) is 0 Å². The van der Waals surface area contributed by atoms with Gasteiger partial charge >= 0.3 is 0 Å². The lowest BCUT2D eigenvalue weighted by atomic mass is 10.1. The molecule has 4 heteroatoms. The topological polar surface area (TPSA) is 41.7 Å². The van der Waals surface area contributed by atoms with Crippen LogP contribution >= 0.6 is 0 Å². The summed E-state index contributed by atoms with van der Waals surface area (Å²) in [5.74, 6) is 0. The summed E-state index contributed by atoms with van der Waals surface area (Å²) >= 11 is 0. The van der Waals surface area contributed by atoms with Crippen molar-refractivity contribution in [2.24, 2.45) is 5.73 Å². The number of nitrogens with zero attached hydrogens (tertiary/aromatic N) is 2. The van der Waals surface area contributed by atoms with Crippen LogP contribution in [-0.2, 0) is 4.74 Å². The van der Waals surface area contributed by atoms with E-state index in [9.17, 15) is 0 Å². The average Bonchev–Trinajstić information content (AvgIpc) is 2.43. The van der Waals surface area contributed by atoms with Crippen LogP contribution in [0.25, 0.3) is 0 Å². The third-order valence-corrected chi connectivity index (χ3v) is 3.76. The van der Waals surface area contributed by atoms with Crippen LogP contribution in [0.5, 0.6) is 0 Å². The molecule has 1 aliphatic heterocycles. The highest BCUT2D eigenvalue weighted by molar-refractivity contribution is 5.48. The van der Waals surface area contributed by atoms with Crippen LogP contribution in [-0.4, -0.2) is 57.4 Å². The van der Waals surface area contributed by atoms with Crippen molar-refractivity contribution in [2.45, 2.75) is 19.4 Å². The van der Waals surface area contributed by atoms with Crippen molar-refractivity contribution < 1.29 is 4.74 Å². The summed E-state index contributed by atoms with van der Waals surface area (Å²) in [5, 5.41) is 0. The maximum absolute atomic E-state index is 5.90. The number of anilines is 1. The molecule has 0 bridgehead atoms. The molecule has 1 aliphatic rings. The Hall–Kier alpha value is -1.10. The third-order valence-electron chi connectivity index (χ3n) is 3.76. The predicted octanol–water partition coefficient (Wildman–Crippen LogP) is 1.48. The summed E-state index contributed by atoms with van der Waals surface area (Å²) in [7, 11) is 2.16. The first-order valence-electron chi connectivity index (χ1n) is 7.51. The van der Waals surface area contributed by atoms with E-state index >= 15 is 0 Å². The summed E-state index contributed by atoms with van der Waals surface area (Å²) in [4.78, 5) is 4.75. The summed E-state index contributed by atoms with van der Waals surface area (Å²) < 4.78 is 5.90. The number of hydrogen-bond acceptors (Lipinski definition) is 4. The highest BCUT2D eigenvalue weighted by Crippen LogP contribution is 2.18. The van der Waals surface area contributed by atoms with Gasteiger partial charge in [0, 0.05) is 31.9 Å². The fourth-order valence-corrected chi connectivity index (χ4v) is 2.66. The zero-order valence-electron chi connectivity index (χ0n) is 12.7. The van der Waals surface area contributed by atoms with Crippen molar-refractivity contribution in [3.05, 3.63) is 29.8 Å². The molecule has 1 unspecified atom stereocenters. The molecular weight excluding hydrogens is 250 g/mol. The Morgan fingerprint density at radius 1 is 1.45 bits per heavy atom. The normalized spacial score (nSPS) is 20.1. The Morgan fingerprint density at radius 3 is 3.00 bits per heavy atom. The van der Waals surface area contributed by atoms with Gasteiger partial charge in [0.25, 0.3) is 0 Å². The molecule has 1 aromatic carbocycles. The van der Waals surface area contributed by atoms with Crippen molar-refractivity contribution in [3.63, 3.8) is 0 Å². The Labute approximate surface area is 122 Å². The van der Waals surface area contributed by atoms with Gasteiger partial charge in [0.1, 0.15) is 0 Å². The van der Waals surface area contributed by atoms with Crippen LogP contribution in [0.15, 0.2) is 24.3 Å². The molecule has 1 atom stereocenters. The summed E-state index contributed by atoms with van der Waals surface area (Å²) in [6, 6.07) is 8.67. The highest BCUT2D eigenvalue weighted by atomic mass is 16.5. The number of nitrogens with two attached hydrogens (primary N) is 1. The van der Waals surface area contributed by atoms with Gasteiger partial charge in [0.15, 0.2) is 0 Å². The van der Waals surface area contributed by atoms with Crippen LogP contribution < -0.4 is 10.6 Å². The quantitative estimate of drug-likeness (QED) is 0.855. The lowest BCUT2D eigenvalue weighted by Crippen LogP contribution is -2.46. The van der Waals surface area contributed by atoms with Gasteiger partial charge in [0.2, 0.25) is 0 Å². The predicted molar refractivity (Wildman–Crippen MR) is 84.3 cm³/mol. The zero-order chi connectivity index (χ0) is 14.4. The van der Waals surface area contributed by atoms with E-state index in [0.29, 0.717) is 0 Å². The Balaban J connectivity index is 2.03. The second kappa shape index (κ2) is 7.62. The largest absolute Gasteiger partial charge is 0.374 e. The lowest BCUT2D eigenvalue weighted by molar-refractivity contribution is -0.0147. The van der Waals surface area contributed by atoms with Crippen LogP contribution in [0.1, 0.15) is 12.0 Å². The van der Waals surface area contributed by atoms with E-state index in [-0.39, 0.29) is 6.10 Å². The van der Waals surface area contributed by atoms with E-state index in [1.165, 1.54) is 11.3 Å². The van der Waals surface area contributed by atoms with Crippen LogP contribution in [0.2, 0.25) is 0 Å².